The first kappa shape index (κ1) is 12.6. The minimum absolute atomic E-state index is 0.243. The fourth-order valence-electron chi connectivity index (χ4n) is 2.10. The number of aromatic nitrogens is 2. The molecule has 0 saturated carbocycles. The van der Waals surface area contributed by atoms with E-state index >= 15 is 0 Å². The Kier molecular flexibility index (Phi) is 3.99. The lowest BCUT2D eigenvalue weighted by atomic mass is 10.0. The molecule has 0 aliphatic rings. The zero-order valence-corrected chi connectivity index (χ0v) is 10.8. The minimum atomic E-state index is 0.243. The van der Waals surface area contributed by atoms with Crippen LogP contribution in [0.4, 0.5) is 0 Å². The number of hydrogen-bond acceptors (Lipinski definition) is 3. The van der Waals surface area contributed by atoms with Crippen molar-refractivity contribution in [2.75, 3.05) is 6.54 Å². The quantitative estimate of drug-likeness (QED) is 0.847. The van der Waals surface area contributed by atoms with Gasteiger partial charge in [0, 0.05) is 13.2 Å². The fourth-order valence-corrected chi connectivity index (χ4v) is 2.10. The number of aryl methyl sites for hydroxylation is 1. The molecule has 1 atom stereocenters. The molecule has 0 spiro atoms. The first-order valence-corrected chi connectivity index (χ1v) is 6.18. The average molecular weight is 245 g/mol. The molecule has 1 heterocycles. The predicted molar refractivity (Wildman–Crippen MR) is 71.4 cm³/mol. The van der Waals surface area contributed by atoms with Gasteiger partial charge in [-0.15, -0.1) is 0 Å². The molecule has 2 rings (SSSR count). The van der Waals surface area contributed by atoms with Gasteiger partial charge in [-0.3, -0.25) is 0 Å². The van der Waals surface area contributed by atoms with Gasteiger partial charge < -0.3 is 15.0 Å². The molecule has 0 aliphatic heterocycles. The SMILES string of the molecule is CCNC(Cc1ccc(O)cc1)c1cncn1C. The van der Waals surface area contributed by atoms with E-state index in [0.717, 1.165) is 13.0 Å². The van der Waals surface area contributed by atoms with Gasteiger partial charge in [0.05, 0.1) is 18.1 Å². The van der Waals surface area contributed by atoms with Gasteiger partial charge in [0.1, 0.15) is 5.75 Å². The van der Waals surface area contributed by atoms with Crippen LogP contribution in [0.5, 0.6) is 5.75 Å². The molecule has 4 heteroatoms. The number of imidazole rings is 1. The second kappa shape index (κ2) is 5.69. The molecule has 96 valence electrons. The Hall–Kier alpha value is -1.81. The Morgan fingerprint density at radius 2 is 2.06 bits per heavy atom. The van der Waals surface area contributed by atoms with E-state index in [2.05, 4.69) is 17.2 Å². The summed E-state index contributed by atoms with van der Waals surface area (Å²) < 4.78 is 2.04. The highest BCUT2D eigenvalue weighted by molar-refractivity contribution is 5.27. The number of phenols is 1. The Bertz CT molecular complexity index is 490. The number of hydrogen-bond donors (Lipinski definition) is 2. The van der Waals surface area contributed by atoms with Gasteiger partial charge in [0.25, 0.3) is 0 Å². The molecule has 0 saturated heterocycles. The van der Waals surface area contributed by atoms with Gasteiger partial charge in [-0.2, -0.15) is 0 Å². The van der Waals surface area contributed by atoms with Crippen LogP contribution in [0.15, 0.2) is 36.8 Å². The molecular weight excluding hydrogens is 226 g/mol. The lowest BCUT2D eigenvalue weighted by Crippen LogP contribution is -2.24. The Balaban J connectivity index is 2.16. The van der Waals surface area contributed by atoms with Crippen molar-refractivity contribution in [3.63, 3.8) is 0 Å². The van der Waals surface area contributed by atoms with Crippen LogP contribution < -0.4 is 5.32 Å². The number of aromatic hydroxyl groups is 1. The van der Waals surface area contributed by atoms with Gasteiger partial charge in [-0.25, -0.2) is 4.98 Å². The average Bonchev–Trinajstić information content (AvgIpc) is 2.78. The number of likely N-dealkylation sites (N-methyl/N-ethyl adjacent to an activating group) is 1. The van der Waals surface area contributed by atoms with E-state index in [9.17, 15) is 5.11 Å². The molecule has 0 amide bonds. The predicted octanol–water partition coefficient (Wildman–Crippen LogP) is 2.02. The number of benzene rings is 1. The number of rotatable bonds is 5. The van der Waals surface area contributed by atoms with Gasteiger partial charge in [0.15, 0.2) is 0 Å². The summed E-state index contributed by atoms with van der Waals surface area (Å²) in [6.07, 6.45) is 4.60. The minimum Gasteiger partial charge on any atom is -0.508 e. The van der Waals surface area contributed by atoms with Crippen molar-refractivity contribution in [3.8, 4) is 5.75 Å². The normalized spacial score (nSPS) is 12.6. The van der Waals surface area contributed by atoms with E-state index in [1.807, 2.05) is 36.3 Å². The van der Waals surface area contributed by atoms with Gasteiger partial charge in [-0.05, 0) is 30.7 Å². The van der Waals surface area contributed by atoms with Crippen molar-refractivity contribution < 1.29 is 5.11 Å². The monoisotopic (exact) mass is 245 g/mol. The van der Waals surface area contributed by atoms with Crippen LogP contribution in [-0.4, -0.2) is 21.2 Å². The van der Waals surface area contributed by atoms with Crippen LogP contribution >= 0.6 is 0 Å². The number of nitrogens with zero attached hydrogens (tertiary/aromatic N) is 2. The molecule has 1 aromatic heterocycles. The number of phenolic OH excluding ortho intramolecular Hbond substituents is 1. The Labute approximate surface area is 107 Å². The lowest BCUT2D eigenvalue weighted by Gasteiger charge is -2.18. The van der Waals surface area contributed by atoms with Crippen LogP contribution in [0.2, 0.25) is 0 Å². The third-order valence-electron chi connectivity index (χ3n) is 3.04. The maximum Gasteiger partial charge on any atom is 0.115 e. The maximum absolute atomic E-state index is 9.29. The summed E-state index contributed by atoms with van der Waals surface area (Å²) in [5, 5.41) is 12.8. The largest absolute Gasteiger partial charge is 0.508 e. The van der Waals surface area contributed by atoms with Gasteiger partial charge >= 0.3 is 0 Å². The molecule has 1 aromatic carbocycles. The van der Waals surface area contributed by atoms with Crippen LogP contribution in [-0.2, 0) is 13.5 Å². The summed E-state index contributed by atoms with van der Waals surface area (Å²) in [5.74, 6) is 0.305. The summed E-state index contributed by atoms with van der Waals surface area (Å²) in [5.41, 5.74) is 2.37. The molecule has 4 nitrogen and oxygen atoms in total. The van der Waals surface area contributed by atoms with Crippen LogP contribution in [0.25, 0.3) is 0 Å². The molecule has 0 radical (unpaired) electrons. The molecule has 2 N–H and O–H groups in total. The molecule has 0 fully saturated rings. The van der Waals surface area contributed by atoms with Crippen molar-refractivity contribution in [2.45, 2.75) is 19.4 Å². The molecular formula is C14H19N3O. The standard InChI is InChI=1S/C14H19N3O/c1-3-16-13(14-9-15-10-17(14)2)8-11-4-6-12(18)7-5-11/h4-7,9-10,13,16,18H,3,8H2,1-2H3. The van der Waals surface area contributed by atoms with Crippen molar-refractivity contribution in [1.82, 2.24) is 14.9 Å². The summed E-state index contributed by atoms with van der Waals surface area (Å²) in [4.78, 5) is 4.16. The summed E-state index contributed by atoms with van der Waals surface area (Å²) in [7, 11) is 2.00. The third kappa shape index (κ3) is 2.90. The molecule has 0 bridgehead atoms. The summed E-state index contributed by atoms with van der Waals surface area (Å²) in [6.45, 7) is 3.01. The smallest absolute Gasteiger partial charge is 0.115 e. The summed E-state index contributed by atoms with van der Waals surface area (Å²) >= 11 is 0. The zero-order valence-electron chi connectivity index (χ0n) is 10.8. The highest BCUT2D eigenvalue weighted by atomic mass is 16.3. The zero-order chi connectivity index (χ0) is 13.0. The summed E-state index contributed by atoms with van der Waals surface area (Å²) in [6, 6.07) is 7.60. The first-order chi connectivity index (χ1) is 8.70. The topological polar surface area (TPSA) is 50.1 Å². The lowest BCUT2D eigenvalue weighted by molar-refractivity contribution is 0.474. The molecule has 0 aliphatic carbocycles. The van der Waals surface area contributed by atoms with Crippen LogP contribution in [0.1, 0.15) is 24.2 Å². The Morgan fingerprint density at radius 3 is 2.61 bits per heavy atom. The van der Waals surface area contributed by atoms with Crippen LogP contribution in [0, 0.1) is 0 Å². The van der Waals surface area contributed by atoms with Crippen LogP contribution in [0.3, 0.4) is 0 Å². The molecule has 2 aromatic rings. The van der Waals surface area contributed by atoms with Crippen molar-refractivity contribution in [3.05, 3.63) is 48.0 Å². The Morgan fingerprint density at radius 1 is 1.33 bits per heavy atom. The fraction of sp³-hybridized carbons (Fsp3) is 0.357. The molecule has 18 heavy (non-hydrogen) atoms. The van der Waals surface area contributed by atoms with Gasteiger partial charge in [0.2, 0.25) is 0 Å². The first-order valence-electron chi connectivity index (χ1n) is 6.18. The number of nitrogens with one attached hydrogen (secondary N) is 1. The second-order valence-corrected chi connectivity index (χ2v) is 4.41. The maximum atomic E-state index is 9.29. The van der Waals surface area contributed by atoms with Crippen molar-refractivity contribution >= 4 is 0 Å². The third-order valence-corrected chi connectivity index (χ3v) is 3.04. The van der Waals surface area contributed by atoms with E-state index in [-0.39, 0.29) is 6.04 Å². The van der Waals surface area contributed by atoms with Crippen molar-refractivity contribution in [1.29, 1.82) is 0 Å². The second-order valence-electron chi connectivity index (χ2n) is 4.41. The van der Waals surface area contributed by atoms with E-state index in [0.29, 0.717) is 5.75 Å². The van der Waals surface area contributed by atoms with E-state index in [1.54, 1.807) is 12.1 Å². The van der Waals surface area contributed by atoms with E-state index in [1.165, 1.54) is 11.3 Å². The van der Waals surface area contributed by atoms with E-state index in [4.69, 9.17) is 0 Å². The van der Waals surface area contributed by atoms with Gasteiger partial charge in [-0.1, -0.05) is 19.1 Å². The van der Waals surface area contributed by atoms with Crippen molar-refractivity contribution in [2.24, 2.45) is 7.05 Å². The highest BCUT2D eigenvalue weighted by Gasteiger charge is 2.14. The highest BCUT2D eigenvalue weighted by Crippen LogP contribution is 2.19. The molecule has 1 unspecified atom stereocenters. The van der Waals surface area contributed by atoms with E-state index < -0.39 is 0 Å².